The minimum absolute atomic E-state index is 0.161. The normalized spacial score (nSPS) is 15.3. The van der Waals surface area contributed by atoms with Crippen molar-refractivity contribution in [1.29, 1.82) is 0 Å². The van der Waals surface area contributed by atoms with Crippen molar-refractivity contribution in [3.63, 3.8) is 0 Å². The van der Waals surface area contributed by atoms with Gasteiger partial charge < -0.3 is 15.5 Å². The summed E-state index contributed by atoms with van der Waals surface area (Å²) < 4.78 is 0. The molecule has 6 heteroatoms. The number of anilines is 1. The molecule has 5 nitrogen and oxygen atoms in total. The van der Waals surface area contributed by atoms with Gasteiger partial charge in [-0.15, -0.1) is 11.3 Å². The van der Waals surface area contributed by atoms with Crippen LogP contribution in [0.2, 0.25) is 0 Å². The second-order valence-electron chi connectivity index (χ2n) is 7.59. The summed E-state index contributed by atoms with van der Waals surface area (Å²) in [7, 11) is 1.80. The second-order valence-corrected chi connectivity index (χ2v) is 8.45. The number of benzene rings is 2. The Morgan fingerprint density at radius 1 is 1.13 bits per heavy atom. The number of aliphatic imine (C=N–C) groups is 1. The van der Waals surface area contributed by atoms with Crippen LogP contribution in [0.3, 0.4) is 0 Å². The van der Waals surface area contributed by atoms with E-state index < -0.39 is 0 Å². The van der Waals surface area contributed by atoms with Gasteiger partial charge in [-0.25, -0.2) is 4.98 Å². The molecule has 1 atom stereocenters. The molecule has 2 heterocycles. The molecule has 0 saturated carbocycles. The Labute approximate surface area is 182 Å². The van der Waals surface area contributed by atoms with Crippen LogP contribution in [-0.4, -0.2) is 31.1 Å². The molecule has 0 bridgehead atoms. The van der Waals surface area contributed by atoms with E-state index in [1.807, 2.05) is 18.2 Å². The lowest BCUT2D eigenvalue weighted by Crippen LogP contribution is -2.38. The van der Waals surface area contributed by atoms with Gasteiger partial charge in [0.05, 0.1) is 18.3 Å². The summed E-state index contributed by atoms with van der Waals surface area (Å²) in [6.45, 7) is 5.13. The molecule has 0 amide bonds. The van der Waals surface area contributed by atoms with Gasteiger partial charge in [0.2, 0.25) is 0 Å². The molecular weight excluding hydrogens is 390 g/mol. The Morgan fingerprint density at radius 3 is 2.70 bits per heavy atom. The third kappa shape index (κ3) is 5.00. The Hall–Kier alpha value is -2.86. The Bertz CT molecular complexity index is 976. The molecule has 1 aliphatic rings. The van der Waals surface area contributed by atoms with E-state index in [2.05, 4.69) is 69.2 Å². The highest BCUT2D eigenvalue weighted by Gasteiger charge is 2.14. The summed E-state index contributed by atoms with van der Waals surface area (Å²) in [6, 6.07) is 19.3. The van der Waals surface area contributed by atoms with Crippen LogP contribution < -0.4 is 15.5 Å². The van der Waals surface area contributed by atoms with Crippen LogP contribution in [0.5, 0.6) is 0 Å². The number of nitrogens with zero attached hydrogens (tertiary/aromatic N) is 3. The SMILES string of the molecule is CN=C(NCc1csc(-c2ccccc2)n1)NC(C)c1cccc(N2CCCC2)c1. The van der Waals surface area contributed by atoms with Gasteiger partial charge in [0.15, 0.2) is 5.96 Å². The van der Waals surface area contributed by atoms with E-state index in [0.29, 0.717) is 6.54 Å². The van der Waals surface area contributed by atoms with Gasteiger partial charge in [0.1, 0.15) is 5.01 Å². The third-order valence-electron chi connectivity index (χ3n) is 5.43. The van der Waals surface area contributed by atoms with Crippen molar-refractivity contribution in [1.82, 2.24) is 15.6 Å². The minimum Gasteiger partial charge on any atom is -0.372 e. The molecule has 2 aromatic carbocycles. The highest BCUT2D eigenvalue weighted by molar-refractivity contribution is 7.13. The van der Waals surface area contributed by atoms with Crippen LogP contribution in [0.15, 0.2) is 65.0 Å². The standard InChI is InChI=1S/C24H29N5S/c1-18(20-11-8-12-22(15-20)29-13-6-7-14-29)27-24(25-2)26-16-21-17-30-23(28-21)19-9-4-3-5-10-19/h3-5,8-12,15,17-18H,6-7,13-14,16H2,1-2H3,(H2,25,26,27). The average Bonchev–Trinajstić information content (AvgIpc) is 3.50. The monoisotopic (exact) mass is 419 g/mol. The summed E-state index contributed by atoms with van der Waals surface area (Å²) in [5, 5.41) is 10.0. The summed E-state index contributed by atoms with van der Waals surface area (Å²) in [5.74, 6) is 0.781. The van der Waals surface area contributed by atoms with Crippen molar-refractivity contribution < 1.29 is 0 Å². The molecule has 3 aromatic rings. The number of nitrogens with one attached hydrogen (secondary N) is 2. The van der Waals surface area contributed by atoms with E-state index in [-0.39, 0.29) is 6.04 Å². The molecule has 2 N–H and O–H groups in total. The van der Waals surface area contributed by atoms with E-state index in [0.717, 1.165) is 35.3 Å². The zero-order valence-electron chi connectivity index (χ0n) is 17.6. The number of hydrogen-bond donors (Lipinski definition) is 2. The van der Waals surface area contributed by atoms with Crippen molar-refractivity contribution in [2.45, 2.75) is 32.4 Å². The zero-order valence-corrected chi connectivity index (χ0v) is 18.5. The first kappa shape index (κ1) is 20.4. The average molecular weight is 420 g/mol. The summed E-state index contributed by atoms with van der Waals surface area (Å²) in [5.41, 5.74) is 4.76. The molecular formula is C24H29N5S. The van der Waals surface area contributed by atoms with Crippen molar-refractivity contribution in [2.75, 3.05) is 25.0 Å². The molecule has 1 aliphatic heterocycles. The largest absolute Gasteiger partial charge is 0.372 e. The van der Waals surface area contributed by atoms with E-state index in [9.17, 15) is 0 Å². The molecule has 1 unspecified atom stereocenters. The van der Waals surface area contributed by atoms with Crippen LogP contribution in [0.1, 0.15) is 37.1 Å². The molecule has 1 saturated heterocycles. The first-order chi connectivity index (χ1) is 14.7. The molecule has 0 aliphatic carbocycles. The topological polar surface area (TPSA) is 52.6 Å². The maximum absolute atomic E-state index is 4.75. The molecule has 1 aromatic heterocycles. The number of thiazole rings is 1. The molecule has 156 valence electrons. The third-order valence-corrected chi connectivity index (χ3v) is 6.37. The van der Waals surface area contributed by atoms with Crippen molar-refractivity contribution in [3.8, 4) is 10.6 Å². The van der Waals surface area contributed by atoms with Gasteiger partial charge in [-0.1, -0.05) is 42.5 Å². The highest BCUT2D eigenvalue weighted by Crippen LogP contribution is 2.24. The summed E-state index contributed by atoms with van der Waals surface area (Å²) >= 11 is 1.67. The van der Waals surface area contributed by atoms with E-state index in [4.69, 9.17) is 4.98 Å². The molecule has 1 fully saturated rings. The van der Waals surface area contributed by atoms with Gasteiger partial charge in [0, 0.05) is 36.8 Å². The van der Waals surface area contributed by atoms with Crippen LogP contribution in [0.4, 0.5) is 5.69 Å². The zero-order chi connectivity index (χ0) is 20.8. The van der Waals surface area contributed by atoms with Gasteiger partial charge in [-0.3, -0.25) is 4.99 Å². The lowest BCUT2D eigenvalue weighted by Gasteiger charge is -2.22. The number of guanidine groups is 1. The van der Waals surface area contributed by atoms with Gasteiger partial charge in [-0.05, 0) is 37.5 Å². The Kier molecular flexibility index (Phi) is 6.64. The summed E-state index contributed by atoms with van der Waals surface area (Å²) in [6.07, 6.45) is 2.58. The summed E-state index contributed by atoms with van der Waals surface area (Å²) in [4.78, 5) is 11.6. The van der Waals surface area contributed by atoms with Gasteiger partial charge >= 0.3 is 0 Å². The molecule has 4 rings (SSSR count). The fraction of sp³-hybridized carbons (Fsp3) is 0.333. The molecule has 0 spiro atoms. The predicted octanol–water partition coefficient (Wildman–Crippen LogP) is 4.84. The fourth-order valence-electron chi connectivity index (χ4n) is 3.72. The van der Waals surface area contributed by atoms with Crippen molar-refractivity contribution >= 4 is 23.0 Å². The van der Waals surface area contributed by atoms with Crippen LogP contribution >= 0.6 is 11.3 Å². The quantitative estimate of drug-likeness (QED) is 0.444. The lowest BCUT2D eigenvalue weighted by molar-refractivity contribution is 0.683. The first-order valence-electron chi connectivity index (χ1n) is 10.5. The lowest BCUT2D eigenvalue weighted by atomic mass is 10.1. The fourth-order valence-corrected chi connectivity index (χ4v) is 4.55. The van der Waals surface area contributed by atoms with Crippen LogP contribution in [0, 0.1) is 0 Å². The Morgan fingerprint density at radius 2 is 1.93 bits per heavy atom. The number of hydrogen-bond acceptors (Lipinski definition) is 4. The van der Waals surface area contributed by atoms with Crippen LogP contribution in [-0.2, 0) is 6.54 Å². The molecule has 30 heavy (non-hydrogen) atoms. The highest BCUT2D eigenvalue weighted by atomic mass is 32.1. The maximum Gasteiger partial charge on any atom is 0.191 e. The molecule has 0 radical (unpaired) electrons. The maximum atomic E-state index is 4.75. The first-order valence-corrected chi connectivity index (χ1v) is 11.4. The Balaban J connectivity index is 1.35. The minimum atomic E-state index is 0.161. The van der Waals surface area contributed by atoms with E-state index in [1.54, 1.807) is 18.4 Å². The van der Waals surface area contributed by atoms with Crippen LogP contribution in [0.25, 0.3) is 10.6 Å². The van der Waals surface area contributed by atoms with Gasteiger partial charge in [-0.2, -0.15) is 0 Å². The van der Waals surface area contributed by atoms with E-state index in [1.165, 1.54) is 24.1 Å². The van der Waals surface area contributed by atoms with Gasteiger partial charge in [0.25, 0.3) is 0 Å². The smallest absolute Gasteiger partial charge is 0.191 e. The second kappa shape index (κ2) is 9.76. The predicted molar refractivity (Wildman–Crippen MR) is 127 cm³/mol. The van der Waals surface area contributed by atoms with E-state index >= 15 is 0 Å². The van der Waals surface area contributed by atoms with Crippen molar-refractivity contribution in [2.24, 2.45) is 4.99 Å². The van der Waals surface area contributed by atoms with Crippen molar-refractivity contribution in [3.05, 3.63) is 71.2 Å². The number of aromatic nitrogens is 1. The number of rotatable bonds is 6.